The molecule has 1 saturated heterocycles. The first-order valence-corrected chi connectivity index (χ1v) is 8.15. The van der Waals surface area contributed by atoms with Crippen molar-refractivity contribution in [3.63, 3.8) is 0 Å². The van der Waals surface area contributed by atoms with Crippen LogP contribution in [-0.2, 0) is 4.74 Å². The topological polar surface area (TPSA) is 24.5 Å². The lowest BCUT2D eigenvalue weighted by Gasteiger charge is -2.42. The Balaban J connectivity index is 1.69. The minimum absolute atomic E-state index is 0.195. The van der Waals surface area contributed by atoms with E-state index in [1.54, 1.807) is 0 Å². The first-order chi connectivity index (χ1) is 10.1. The van der Waals surface area contributed by atoms with E-state index in [2.05, 4.69) is 10.2 Å². The molecule has 1 unspecified atom stereocenters. The molecular weight excluding hydrogens is 281 g/mol. The van der Waals surface area contributed by atoms with Crippen molar-refractivity contribution in [2.75, 3.05) is 39.4 Å². The second kappa shape index (κ2) is 8.34. The summed E-state index contributed by atoms with van der Waals surface area (Å²) in [6.07, 6.45) is 3.06. The second-order valence-electron chi connectivity index (χ2n) is 6.23. The fourth-order valence-electron chi connectivity index (χ4n) is 3.59. The average Bonchev–Trinajstić information content (AvgIpc) is 2.47. The Bertz CT molecular complexity index is 293. The Morgan fingerprint density at radius 1 is 1.14 bits per heavy atom. The SMILES string of the molecule is FC(F)(F)COCCCN1CCNCC1C1CCCCC1. The largest absolute Gasteiger partial charge is 0.411 e. The van der Waals surface area contributed by atoms with E-state index in [0.29, 0.717) is 12.5 Å². The van der Waals surface area contributed by atoms with Crippen LogP contribution in [0.1, 0.15) is 38.5 Å². The summed E-state index contributed by atoms with van der Waals surface area (Å²) in [6, 6.07) is 0.557. The smallest absolute Gasteiger partial charge is 0.372 e. The first-order valence-electron chi connectivity index (χ1n) is 8.15. The number of alkyl halides is 3. The minimum Gasteiger partial charge on any atom is -0.372 e. The van der Waals surface area contributed by atoms with Crippen LogP contribution in [0, 0.1) is 5.92 Å². The molecule has 6 heteroatoms. The molecule has 1 N–H and O–H groups in total. The van der Waals surface area contributed by atoms with Crippen molar-refractivity contribution in [2.45, 2.75) is 50.7 Å². The van der Waals surface area contributed by atoms with Gasteiger partial charge in [0.15, 0.2) is 0 Å². The first kappa shape index (κ1) is 17.0. The molecule has 1 saturated carbocycles. The van der Waals surface area contributed by atoms with Crippen LogP contribution in [0.15, 0.2) is 0 Å². The summed E-state index contributed by atoms with van der Waals surface area (Å²) in [5.74, 6) is 0.752. The van der Waals surface area contributed by atoms with Gasteiger partial charge in [-0.3, -0.25) is 4.90 Å². The van der Waals surface area contributed by atoms with Crippen molar-refractivity contribution in [3.05, 3.63) is 0 Å². The predicted molar refractivity (Wildman–Crippen MR) is 76.3 cm³/mol. The molecule has 2 aliphatic rings. The van der Waals surface area contributed by atoms with Crippen LogP contribution in [0.4, 0.5) is 13.2 Å². The van der Waals surface area contributed by atoms with E-state index in [-0.39, 0.29) is 6.61 Å². The molecule has 2 rings (SSSR count). The molecule has 0 aromatic rings. The molecule has 1 heterocycles. The van der Waals surface area contributed by atoms with Crippen LogP contribution in [0.2, 0.25) is 0 Å². The summed E-state index contributed by atoms with van der Waals surface area (Å²) in [6.45, 7) is 2.92. The summed E-state index contributed by atoms with van der Waals surface area (Å²) in [4.78, 5) is 2.46. The van der Waals surface area contributed by atoms with Crippen LogP contribution in [0.5, 0.6) is 0 Å². The summed E-state index contributed by atoms with van der Waals surface area (Å²) in [7, 11) is 0. The molecule has 0 spiro atoms. The van der Waals surface area contributed by atoms with Crippen LogP contribution in [-0.4, -0.2) is 56.5 Å². The number of hydrogen-bond donors (Lipinski definition) is 1. The van der Waals surface area contributed by atoms with Crippen LogP contribution in [0.25, 0.3) is 0 Å². The maximum atomic E-state index is 12.0. The summed E-state index contributed by atoms with van der Waals surface area (Å²) >= 11 is 0. The van der Waals surface area contributed by atoms with Gasteiger partial charge in [-0.1, -0.05) is 19.3 Å². The zero-order chi connectivity index (χ0) is 15.1. The third-order valence-corrected chi connectivity index (χ3v) is 4.59. The van der Waals surface area contributed by atoms with E-state index >= 15 is 0 Å². The molecule has 1 aliphatic carbocycles. The number of hydrogen-bond acceptors (Lipinski definition) is 3. The van der Waals surface area contributed by atoms with E-state index in [1.165, 1.54) is 32.1 Å². The van der Waals surface area contributed by atoms with Crippen LogP contribution < -0.4 is 5.32 Å². The van der Waals surface area contributed by atoms with Crippen molar-refractivity contribution in [1.29, 1.82) is 0 Å². The molecule has 0 aromatic carbocycles. The highest BCUT2D eigenvalue weighted by molar-refractivity contribution is 4.86. The third kappa shape index (κ3) is 6.12. The lowest BCUT2D eigenvalue weighted by atomic mass is 9.82. The van der Waals surface area contributed by atoms with Gasteiger partial charge in [-0.05, 0) is 25.2 Å². The van der Waals surface area contributed by atoms with E-state index < -0.39 is 12.8 Å². The molecular formula is C15H27F3N2O. The highest BCUT2D eigenvalue weighted by Gasteiger charge is 2.30. The lowest BCUT2D eigenvalue weighted by Crippen LogP contribution is -2.55. The molecule has 3 nitrogen and oxygen atoms in total. The van der Waals surface area contributed by atoms with E-state index in [9.17, 15) is 13.2 Å². The fraction of sp³-hybridized carbons (Fsp3) is 1.00. The Kier molecular flexibility index (Phi) is 6.76. The van der Waals surface area contributed by atoms with Crippen molar-refractivity contribution in [2.24, 2.45) is 5.92 Å². The lowest BCUT2D eigenvalue weighted by molar-refractivity contribution is -0.174. The van der Waals surface area contributed by atoms with E-state index in [0.717, 1.165) is 32.1 Å². The van der Waals surface area contributed by atoms with Crippen LogP contribution in [0.3, 0.4) is 0 Å². The summed E-state index contributed by atoms with van der Waals surface area (Å²) in [5.41, 5.74) is 0. The number of piperazine rings is 1. The van der Waals surface area contributed by atoms with Gasteiger partial charge in [-0.2, -0.15) is 13.2 Å². The highest BCUT2D eigenvalue weighted by atomic mass is 19.4. The molecule has 0 amide bonds. The molecule has 124 valence electrons. The Morgan fingerprint density at radius 3 is 2.62 bits per heavy atom. The van der Waals surface area contributed by atoms with Gasteiger partial charge in [0, 0.05) is 38.8 Å². The van der Waals surface area contributed by atoms with Gasteiger partial charge in [0.1, 0.15) is 6.61 Å². The normalized spacial score (nSPS) is 26.1. The van der Waals surface area contributed by atoms with Gasteiger partial charge in [0.05, 0.1) is 0 Å². The third-order valence-electron chi connectivity index (χ3n) is 4.59. The summed E-state index contributed by atoms with van der Waals surface area (Å²) in [5, 5.41) is 3.46. The van der Waals surface area contributed by atoms with Gasteiger partial charge in [-0.25, -0.2) is 0 Å². The summed E-state index contributed by atoms with van der Waals surface area (Å²) < 4.78 is 40.7. The van der Waals surface area contributed by atoms with Gasteiger partial charge in [0.2, 0.25) is 0 Å². The van der Waals surface area contributed by atoms with E-state index in [1.807, 2.05) is 0 Å². The van der Waals surface area contributed by atoms with Crippen molar-refractivity contribution in [1.82, 2.24) is 10.2 Å². The fourth-order valence-corrected chi connectivity index (χ4v) is 3.59. The highest BCUT2D eigenvalue weighted by Crippen LogP contribution is 2.29. The van der Waals surface area contributed by atoms with Gasteiger partial charge < -0.3 is 10.1 Å². The Hall–Kier alpha value is -0.330. The molecule has 0 aromatic heterocycles. The average molecular weight is 308 g/mol. The standard InChI is InChI=1S/C15H27F3N2O/c16-15(17,18)12-21-10-4-8-20-9-7-19-11-14(20)13-5-2-1-3-6-13/h13-14,19H,1-12H2. The molecule has 2 fully saturated rings. The second-order valence-corrected chi connectivity index (χ2v) is 6.23. The van der Waals surface area contributed by atoms with Gasteiger partial charge in [0.25, 0.3) is 0 Å². The number of rotatable bonds is 6. The maximum absolute atomic E-state index is 12.0. The molecule has 21 heavy (non-hydrogen) atoms. The van der Waals surface area contributed by atoms with Crippen molar-refractivity contribution >= 4 is 0 Å². The van der Waals surface area contributed by atoms with Crippen LogP contribution >= 0.6 is 0 Å². The number of nitrogens with one attached hydrogen (secondary N) is 1. The predicted octanol–water partition coefficient (Wildman–Crippen LogP) is 2.81. The molecule has 0 bridgehead atoms. The van der Waals surface area contributed by atoms with Gasteiger partial charge in [-0.15, -0.1) is 0 Å². The quantitative estimate of drug-likeness (QED) is 0.764. The van der Waals surface area contributed by atoms with Crippen molar-refractivity contribution < 1.29 is 17.9 Å². The zero-order valence-electron chi connectivity index (χ0n) is 12.6. The Morgan fingerprint density at radius 2 is 1.90 bits per heavy atom. The van der Waals surface area contributed by atoms with E-state index in [4.69, 9.17) is 4.74 Å². The molecule has 1 atom stereocenters. The van der Waals surface area contributed by atoms with Gasteiger partial charge >= 0.3 is 6.18 Å². The zero-order valence-corrected chi connectivity index (χ0v) is 12.6. The monoisotopic (exact) mass is 308 g/mol. The molecule has 1 aliphatic heterocycles. The van der Waals surface area contributed by atoms with Crippen molar-refractivity contribution in [3.8, 4) is 0 Å². The Labute approximate surface area is 125 Å². The maximum Gasteiger partial charge on any atom is 0.411 e. The minimum atomic E-state index is -4.21. The number of nitrogens with zero attached hydrogens (tertiary/aromatic N) is 1. The number of halogens is 3. The number of ether oxygens (including phenoxy) is 1. The molecule has 0 radical (unpaired) electrons.